The predicted octanol–water partition coefficient (Wildman–Crippen LogP) is 2.69. The minimum absolute atomic E-state index is 0.0268. The normalized spacial score (nSPS) is 21.5. The Kier molecular flexibility index (Phi) is 7.90. The van der Waals surface area contributed by atoms with E-state index in [0.717, 1.165) is 30.1 Å². The molecule has 1 aliphatic heterocycles. The van der Waals surface area contributed by atoms with E-state index in [1.54, 1.807) is 25.2 Å². The molecular formula is C26H31ClFN7O3S. The van der Waals surface area contributed by atoms with Crippen LogP contribution in [0.1, 0.15) is 50.1 Å². The highest BCUT2D eigenvalue weighted by molar-refractivity contribution is 7.13. The topological polar surface area (TPSA) is 122 Å². The Morgan fingerprint density at radius 2 is 1.95 bits per heavy atom. The Bertz CT molecular complexity index is 1420. The van der Waals surface area contributed by atoms with Crippen LogP contribution in [0, 0.1) is 11.7 Å². The number of likely N-dealkylation sites (N-methyl/N-ethyl adjacent to an activating group) is 1. The summed E-state index contributed by atoms with van der Waals surface area (Å²) in [7, 11) is 5.51. The number of carbonyl (C=O) groups excluding carboxylic acids is 3. The summed E-state index contributed by atoms with van der Waals surface area (Å²) in [5.41, 5.74) is 4.37. The lowest BCUT2D eigenvalue weighted by molar-refractivity contribution is -0.130. The number of carbonyl (C=O) groups is 3. The van der Waals surface area contributed by atoms with E-state index in [2.05, 4.69) is 30.9 Å². The maximum atomic E-state index is 14.4. The number of benzene rings is 1. The maximum absolute atomic E-state index is 14.4. The molecule has 13 heteroatoms. The number of hydrazine groups is 1. The summed E-state index contributed by atoms with van der Waals surface area (Å²) < 4.78 is 14.4. The van der Waals surface area contributed by atoms with Gasteiger partial charge in [-0.1, -0.05) is 11.6 Å². The third kappa shape index (κ3) is 5.93. The van der Waals surface area contributed by atoms with Gasteiger partial charge < -0.3 is 20.5 Å². The number of amides is 3. The number of rotatable bonds is 6. The van der Waals surface area contributed by atoms with Crippen molar-refractivity contribution in [2.45, 2.75) is 44.3 Å². The number of nitrogens with zero attached hydrogens (tertiary/aromatic N) is 3. The van der Waals surface area contributed by atoms with E-state index in [1.165, 1.54) is 23.5 Å². The Morgan fingerprint density at radius 3 is 2.72 bits per heavy atom. The average Bonchev–Trinajstić information content (AvgIpc) is 3.51. The fraction of sp³-hybridized carbons (Fsp3) is 0.462. The Labute approximate surface area is 234 Å². The Hall–Kier alpha value is -3.06. The van der Waals surface area contributed by atoms with Crippen molar-refractivity contribution in [1.29, 1.82) is 0 Å². The van der Waals surface area contributed by atoms with E-state index in [0.29, 0.717) is 29.8 Å². The van der Waals surface area contributed by atoms with Crippen LogP contribution in [-0.2, 0) is 17.8 Å². The van der Waals surface area contributed by atoms with E-state index >= 15 is 0 Å². The summed E-state index contributed by atoms with van der Waals surface area (Å²) in [6.07, 6.45) is 2.15. The van der Waals surface area contributed by atoms with E-state index in [4.69, 9.17) is 11.6 Å². The number of hydrogen-bond acceptors (Lipinski definition) is 7. The fourth-order valence-corrected chi connectivity index (χ4v) is 6.47. The van der Waals surface area contributed by atoms with Gasteiger partial charge in [0.05, 0.1) is 16.8 Å². The number of halogens is 2. The van der Waals surface area contributed by atoms with Gasteiger partial charge in [-0.25, -0.2) is 14.4 Å². The lowest BCUT2D eigenvalue weighted by Crippen LogP contribution is -2.56. The Balaban J connectivity index is 1.34. The zero-order valence-corrected chi connectivity index (χ0v) is 23.5. The molecule has 4 N–H and O–H groups in total. The molecule has 3 amide bonds. The molecule has 0 bridgehead atoms. The number of nitrogens with one attached hydrogen (secondary N) is 4. The second-order valence-corrected chi connectivity index (χ2v) is 11.9. The summed E-state index contributed by atoms with van der Waals surface area (Å²) in [6.45, 7) is 1.65. The van der Waals surface area contributed by atoms with Crippen molar-refractivity contribution in [2.24, 2.45) is 5.92 Å². The van der Waals surface area contributed by atoms with E-state index < -0.39 is 23.8 Å². The number of thiazole rings is 1. The molecule has 0 saturated heterocycles. The quantitative estimate of drug-likeness (QED) is 0.335. The first-order chi connectivity index (χ1) is 18.6. The summed E-state index contributed by atoms with van der Waals surface area (Å²) >= 11 is 7.27. The first kappa shape index (κ1) is 27.5. The molecule has 3 atom stereocenters. The monoisotopic (exact) mass is 575 g/mol. The van der Waals surface area contributed by atoms with Gasteiger partial charge in [-0.15, -0.1) is 11.3 Å². The van der Waals surface area contributed by atoms with Crippen LogP contribution in [0.4, 0.5) is 4.39 Å². The smallest absolute Gasteiger partial charge is 0.280 e. The molecule has 5 rings (SSSR count). The standard InChI is InChI=1S/C26H31ClFN7O3S/c1-34(2)33-23(36)13-4-6-17(30-24(37)20-11-14-16(29-20)7-5-15(27)22(14)28)19(10-13)31-25(38)26-32-18-8-9-35(3)12-21(18)39-26/h5,7,11,13,17,19,29H,4,6,8-10,12H2,1-3H3,(H,30,37)(H,31,38)(H,33,36). The summed E-state index contributed by atoms with van der Waals surface area (Å²) in [5, 5.41) is 8.19. The van der Waals surface area contributed by atoms with Crippen LogP contribution in [-0.4, -0.2) is 77.4 Å². The molecule has 208 valence electrons. The lowest BCUT2D eigenvalue weighted by Gasteiger charge is -2.36. The largest absolute Gasteiger partial charge is 0.350 e. The van der Waals surface area contributed by atoms with Gasteiger partial charge in [-0.05, 0) is 44.5 Å². The van der Waals surface area contributed by atoms with Crippen molar-refractivity contribution in [3.63, 3.8) is 0 Å². The first-order valence-electron chi connectivity index (χ1n) is 12.8. The first-order valence-corrected chi connectivity index (χ1v) is 14.0. The molecule has 3 heterocycles. The molecule has 0 spiro atoms. The molecule has 1 saturated carbocycles. The number of fused-ring (bicyclic) bond motifs is 2. The third-order valence-corrected chi connectivity index (χ3v) is 8.61. The summed E-state index contributed by atoms with van der Waals surface area (Å²) in [4.78, 5) is 50.0. The van der Waals surface area contributed by atoms with Gasteiger partial charge in [0.1, 0.15) is 5.69 Å². The molecule has 2 aromatic heterocycles. The molecule has 1 fully saturated rings. The molecule has 3 unspecified atom stereocenters. The van der Waals surface area contributed by atoms with E-state index in [9.17, 15) is 18.8 Å². The van der Waals surface area contributed by atoms with Crippen LogP contribution >= 0.6 is 22.9 Å². The molecular weight excluding hydrogens is 545 g/mol. The van der Waals surface area contributed by atoms with Crippen molar-refractivity contribution in [3.05, 3.63) is 50.3 Å². The molecule has 39 heavy (non-hydrogen) atoms. The number of hydrogen-bond donors (Lipinski definition) is 4. The van der Waals surface area contributed by atoms with Gasteiger partial charge >= 0.3 is 0 Å². The van der Waals surface area contributed by atoms with E-state index in [1.807, 2.05) is 7.05 Å². The Morgan fingerprint density at radius 1 is 1.18 bits per heavy atom. The number of aromatic amines is 1. The molecule has 10 nitrogen and oxygen atoms in total. The van der Waals surface area contributed by atoms with Crippen molar-refractivity contribution in [1.82, 2.24) is 35.9 Å². The maximum Gasteiger partial charge on any atom is 0.280 e. The van der Waals surface area contributed by atoms with Gasteiger partial charge in [0.2, 0.25) is 5.91 Å². The number of aromatic nitrogens is 2. The fourth-order valence-electron chi connectivity index (χ4n) is 5.21. The van der Waals surface area contributed by atoms with Crippen molar-refractivity contribution in [3.8, 4) is 0 Å². The van der Waals surface area contributed by atoms with Gasteiger partial charge in [0, 0.05) is 61.3 Å². The van der Waals surface area contributed by atoms with Crippen LogP contribution in [0.15, 0.2) is 18.2 Å². The predicted molar refractivity (Wildman–Crippen MR) is 147 cm³/mol. The molecule has 2 aliphatic rings. The van der Waals surface area contributed by atoms with Crippen LogP contribution in [0.2, 0.25) is 5.02 Å². The zero-order valence-electron chi connectivity index (χ0n) is 21.9. The summed E-state index contributed by atoms with van der Waals surface area (Å²) in [5.74, 6) is -1.83. The van der Waals surface area contributed by atoms with Gasteiger partial charge in [-0.2, -0.15) is 0 Å². The van der Waals surface area contributed by atoms with Crippen molar-refractivity contribution in [2.75, 3.05) is 27.7 Å². The highest BCUT2D eigenvalue weighted by atomic mass is 35.5. The van der Waals surface area contributed by atoms with Gasteiger partial charge in [0.25, 0.3) is 11.8 Å². The second kappa shape index (κ2) is 11.2. The molecule has 1 aliphatic carbocycles. The summed E-state index contributed by atoms with van der Waals surface area (Å²) in [6, 6.07) is 3.52. The SMILES string of the molecule is CN1CCc2nc(C(=O)NC3CC(C(=O)NN(C)C)CCC3NC(=O)c3cc4c(F)c(Cl)ccc4[nH]3)sc2C1. The van der Waals surface area contributed by atoms with Crippen LogP contribution < -0.4 is 16.1 Å². The average molecular weight is 576 g/mol. The van der Waals surface area contributed by atoms with Crippen molar-refractivity contribution >= 4 is 51.6 Å². The minimum Gasteiger partial charge on any atom is -0.350 e. The van der Waals surface area contributed by atoms with Gasteiger partial charge in [0.15, 0.2) is 10.8 Å². The molecule has 0 radical (unpaired) electrons. The van der Waals surface area contributed by atoms with Crippen LogP contribution in [0.5, 0.6) is 0 Å². The highest BCUT2D eigenvalue weighted by Crippen LogP contribution is 2.29. The number of H-pyrrole nitrogens is 1. The molecule has 1 aromatic carbocycles. The van der Waals surface area contributed by atoms with Crippen LogP contribution in [0.25, 0.3) is 10.9 Å². The zero-order chi connectivity index (χ0) is 27.8. The van der Waals surface area contributed by atoms with Crippen LogP contribution in [0.3, 0.4) is 0 Å². The van der Waals surface area contributed by atoms with Crippen molar-refractivity contribution < 1.29 is 18.8 Å². The second-order valence-electron chi connectivity index (χ2n) is 10.4. The molecule has 3 aromatic rings. The van der Waals surface area contributed by atoms with E-state index in [-0.39, 0.29) is 33.8 Å². The lowest BCUT2D eigenvalue weighted by atomic mass is 9.81. The van der Waals surface area contributed by atoms with Gasteiger partial charge in [-0.3, -0.25) is 19.8 Å². The highest BCUT2D eigenvalue weighted by Gasteiger charge is 2.37. The third-order valence-electron chi connectivity index (χ3n) is 7.24. The minimum atomic E-state index is -0.598.